The van der Waals surface area contributed by atoms with Crippen LogP contribution in [-0.2, 0) is 10.8 Å². The molecule has 0 saturated heterocycles. The third-order valence-electron chi connectivity index (χ3n) is 9.01. The fourth-order valence-corrected chi connectivity index (χ4v) is 7.26. The summed E-state index contributed by atoms with van der Waals surface area (Å²) in [6.45, 7) is 17.2. The molecule has 0 radical (unpaired) electrons. The Hall–Kier alpha value is -3.91. The highest BCUT2D eigenvalue weighted by molar-refractivity contribution is 6.07. The molecule has 0 spiro atoms. The molecule has 2 aliphatic heterocycles. The molecule has 2 aliphatic rings. The number of rotatable bonds is 5. The van der Waals surface area contributed by atoms with Crippen molar-refractivity contribution in [2.75, 3.05) is 11.4 Å². The number of hydrogen-bond acceptors (Lipinski definition) is 1. The molecule has 0 N–H and O–H groups in total. The molecule has 0 atom stereocenters. The molecule has 0 fully saturated rings. The van der Waals surface area contributed by atoms with Gasteiger partial charge in [-0.05, 0) is 79.9 Å². The van der Waals surface area contributed by atoms with Crippen molar-refractivity contribution in [1.82, 2.24) is 0 Å². The highest BCUT2D eigenvalue weighted by Gasteiger charge is 2.45. The van der Waals surface area contributed by atoms with Crippen molar-refractivity contribution in [3.05, 3.63) is 120 Å². The van der Waals surface area contributed by atoms with E-state index in [1.54, 1.807) is 0 Å². The summed E-state index contributed by atoms with van der Waals surface area (Å²) in [5.74, 6) is 0. The maximum atomic E-state index is 2.52. The average Bonchev–Trinajstić information content (AvgIpc) is 3.31. The van der Waals surface area contributed by atoms with Crippen LogP contribution in [0.1, 0.15) is 59.6 Å². The summed E-state index contributed by atoms with van der Waals surface area (Å²) in [5, 5.41) is 5.33. The topological polar surface area (TPSA) is 6.25 Å². The molecule has 0 unspecified atom stereocenters. The lowest BCUT2D eigenvalue weighted by Crippen LogP contribution is -2.31. The SMILES string of the molecule is CC[N+]1=C(/C=C/C=C/C=C2/N(C(C)C)c3ccc4ccccc4c3C2(C)C)C(C)(C)c2c1ccc1ccccc21. The van der Waals surface area contributed by atoms with Crippen LogP contribution < -0.4 is 4.90 Å². The van der Waals surface area contributed by atoms with Gasteiger partial charge < -0.3 is 4.90 Å². The fraction of sp³-hybridized carbons (Fsp3) is 0.289. The average molecular weight is 526 g/mol. The number of allylic oxidation sites excluding steroid dienone is 6. The van der Waals surface area contributed by atoms with E-state index in [2.05, 4.69) is 161 Å². The fourth-order valence-electron chi connectivity index (χ4n) is 7.26. The monoisotopic (exact) mass is 525 g/mol. The van der Waals surface area contributed by atoms with E-state index in [9.17, 15) is 0 Å². The lowest BCUT2D eigenvalue weighted by Gasteiger charge is -2.30. The first-order valence-corrected chi connectivity index (χ1v) is 14.7. The van der Waals surface area contributed by atoms with Crippen molar-refractivity contribution >= 4 is 38.6 Å². The minimum absolute atomic E-state index is 0.0698. The molecular weight excluding hydrogens is 484 g/mol. The molecule has 2 nitrogen and oxygen atoms in total. The molecule has 4 aromatic rings. The third-order valence-corrected chi connectivity index (χ3v) is 9.01. The van der Waals surface area contributed by atoms with Gasteiger partial charge in [0.15, 0.2) is 5.71 Å². The van der Waals surface area contributed by atoms with Crippen LogP contribution in [0.2, 0.25) is 0 Å². The van der Waals surface area contributed by atoms with E-state index in [0.717, 1.165) is 6.54 Å². The highest BCUT2D eigenvalue weighted by Crippen LogP contribution is 2.51. The number of anilines is 1. The Labute approximate surface area is 239 Å². The maximum absolute atomic E-state index is 2.52. The van der Waals surface area contributed by atoms with Crippen LogP contribution in [0.4, 0.5) is 11.4 Å². The number of benzene rings is 4. The lowest BCUT2D eigenvalue weighted by atomic mass is 9.79. The van der Waals surface area contributed by atoms with Crippen LogP contribution in [0.15, 0.2) is 109 Å². The Kier molecular flexibility index (Phi) is 6.33. The zero-order valence-electron chi connectivity index (χ0n) is 25.0. The van der Waals surface area contributed by atoms with Crippen LogP contribution in [0.25, 0.3) is 21.5 Å². The highest BCUT2D eigenvalue weighted by atomic mass is 15.2. The summed E-state index contributed by atoms with van der Waals surface area (Å²) in [4.78, 5) is 2.52. The largest absolute Gasteiger partial charge is 0.341 e. The predicted molar refractivity (Wildman–Crippen MR) is 173 cm³/mol. The quantitative estimate of drug-likeness (QED) is 0.186. The number of hydrogen-bond donors (Lipinski definition) is 0. The van der Waals surface area contributed by atoms with Crippen LogP contribution in [0.3, 0.4) is 0 Å². The van der Waals surface area contributed by atoms with Gasteiger partial charge in [-0.3, -0.25) is 0 Å². The van der Waals surface area contributed by atoms with Crippen LogP contribution in [0.5, 0.6) is 0 Å². The van der Waals surface area contributed by atoms with Gasteiger partial charge in [-0.15, -0.1) is 0 Å². The van der Waals surface area contributed by atoms with Gasteiger partial charge in [0.1, 0.15) is 6.54 Å². The van der Waals surface area contributed by atoms with E-state index in [-0.39, 0.29) is 10.8 Å². The van der Waals surface area contributed by atoms with E-state index in [1.807, 2.05) is 0 Å². The Morgan fingerprint density at radius 1 is 0.725 bits per heavy atom. The normalized spacial score (nSPS) is 18.8. The van der Waals surface area contributed by atoms with E-state index < -0.39 is 0 Å². The van der Waals surface area contributed by atoms with Crippen molar-refractivity contribution in [3.8, 4) is 0 Å². The summed E-state index contributed by atoms with van der Waals surface area (Å²) < 4.78 is 2.48. The van der Waals surface area contributed by atoms with Crippen molar-refractivity contribution < 1.29 is 4.58 Å². The molecule has 40 heavy (non-hydrogen) atoms. The second kappa shape index (κ2) is 9.63. The molecule has 4 aromatic carbocycles. The van der Waals surface area contributed by atoms with Crippen LogP contribution >= 0.6 is 0 Å². The van der Waals surface area contributed by atoms with Gasteiger partial charge in [-0.1, -0.05) is 86.7 Å². The van der Waals surface area contributed by atoms with Gasteiger partial charge in [0.2, 0.25) is 5.69 Å². The van der Waals surface area contributed by atoms with Crippen molar-refractivity contribution in [3.63, 3.8) is 0 Å². The summed E-state index contributed by atoms with van der Waals surface area (Å²) in [5.41, 5.74) is 8.08. The van der Waals surface area contributed by atoms with Gasteiger partial charge >= 0.3 is 0 Å². The first-order chi connectivity index (χ1) is 19.2. The summed E-state index contributed by atoms with van der Waals surface area (Å²) in [7, 11) is 0. The van der Waals surface area contributed by atoms with Gasteiger partial charge in [-0.2, -0.15) is 4.58 Å². The molecular formula is C38H41N2+. The zero-order chi connectivity index (χ0) is 28.2. The van der Waals surface area contributed by atoms with E-state index in [4.69, 9.17) is 0 Å². The molecule has 2 heteroatoms. The molecule has 0 aromatic heterocycles. The standard InChI is InChI=1S/C38H41N2/c1-8-39-31-24-22-27-16-12-14-18-29(27)35(31)37(4,5)33(39)20-10-9-11-21-34-38(6,7)36-30-19-15-13-17-28(30)23-25-32(36)40(34)26(2)3/h9-26H,8H2,1-7H3/q+1. The van der Waals surface area contributed by atoms with Crippen LogP contribution in [0, 0.1) is 0 Å². The van der Waals surface area contributed by atoms with Gasteiger partial charge in [0.05, 0.1) is 5.41 Å². The number of fused-ring (bicyclic) bond motifs is 6. The van der Waals surface area contributed by atoms with Gasteiger partial charge in [0.25, 0.3) is 0 Å². The van der Waals surface area contributed by atoms with E-state index >= 15 is 0 Å². The first kappa shape index (κ1) is 26.3. The van der Waals surface area contributed by atoms with Gasteiger partial charge in [0, 0.05) is 40.5 Å². The summed E-state index contributed by atoms with van der Waals surface area (Å²) in [6.07, 6.45) is 11.3. The Balaban J connectivity index is 1.35. The van der Waals surface area contributed by atoms with E-state index in [1.165, 1.54) is 55.5 Å². The Bertz CT molecular complexity index is 1760. The Morgan fingerprint density at radius 2 is 1.35 bits per heavy atom. The minimum Gasteiger partial charge on any atom is -0.341 e. The molecule has 202 valence electrons. The van der Waals surface area contributed by atoms with Crippen LogP contribution in [-0.4, -0.2) is 22.9 Å². The number of nitrogens with zero attached hydrogens (tertiary/aromatic N) is 2. The summed E-state index contributed by atoms with van der Waals surface area (Å²) >= 11 is 0. The lowest BCUT2D eigenvalue weighted by molar-refractivity contribution is -0.433. The second-order valence-electron chi connectivity index (χ2n) is 12.5. The second-order valence-corrected chi connectivity index (χ2v) is 12.5. The Morgan fingerprint density at radius 3 is 2.00 bits per heavy atom. The first-order valence-electron chi connectivity index (χ1n) is 14.7. The minimum atomic E-state index is -0.0849. The smallest absolute Gasteiger partial charge is 0.210 e. The molecule has 6 rings (SSSR count). The summed E-state index contributed by atoms with van der Waals surface area (Å²) in [6, 6.07) is 27.1. The molecule has 0 amide bonds. The molecule has 0 bridgehead atoms. The predicted octanol–water partition coefficient (Wildman–Crippen LogP) is 9.59. The van der Waals surface area contributed by atoms with Crippen molar-refractivity contribution in [2.24, 2.45) is 0 Å². The molecule has 0 saturated carbocycles. The third kappa shape index (κ3) is 3.88. The maximum Gasteiger partial charge on any atom is 0.210 e. The van der Waals surface area contributed by atoms with E-state index in [0.29, 0.717) is 6.04 Å². The van der Waals surface area contributed by atoms with Crippen molar-refractivity contribution in [1.29, 1.82) is 0 Å². The molecule has 2 heterocycles. The van der Waals surface area contributed by atoms with Crippen molar-refractivity contribution in [2.45, 2.75) is 65.3 Å². The van der Waals surface area contributed by atoms with Gasteiger partial charge in [-0.25, -0.2) is 0 Å². The zero-order valence-corrected chi connectivity index (χ0v) is 25.0. The molecule has 0 aliphatic carbocycles.